The van der Waals surface area contributed by atoms with Crippen molar-refractivity contribution in [3.05, 3.63) is 58.1 Å². The van der Waals surface area contributed by atoms with Crippen LogP contribution in [0.5, 0.6) is 0 Å². The van der Waals surface area contributed by atoms with E-state index in [4.69, 9.17) is 10.4 Å². The van der Waals surface area contributed by atoms with Crippen LogP contribution >= 0.6 is 15.9 Å². The topological polar surface area (TPSA) is 73.1 Å². The molecule has 0 saturated heterocycles. The van der Waals surface area contributed by atoms with Crippen LogP contribution in [0.25, 0.3) is 0 Å². The lowest BCUT2D eigenvalue weighted by atomic mass is 10.2. The van der Waals surface area contributed by atoms with Gasteiger partial charge >= 0.3 is 5.97 Å². The van der Waals surface area contributed by atoms with Crippen molar-refractivity contribution in [1.82, 2.24) is 0 Å². The van der Waals surface area contributed by atoms with Crippen molar-refractivity contribution in [1.29, 1.82) is 5.26 Å². The molecule has 2 rings (SSSR count). The highest BCUT2D eigenvalue weighted by atomic mass is 79.9. The van der Waals surface area contributed by atoms with Gasteiger partial charge < -0.3 is 10.4 Å². The first-order valence-electron chi connectivity index (χ1n) is 5.40. The highest BCUT2D eigenvalue weighted by molar-refractivity contribution is 9.10. The van der Waals surface area contributed by atoms with Crippen LogP contribution in [0, 0.1) is 11.3 Å². The monoisotopic (exact) mass is 316 g/mol. The van der Waals surface area contributed by atoms with Gasteiger partial charge in [0.1, 0.15) is 0 Å². The molecule has 0 bridgehead atoms. The van der Waals surface area contributed by atoms with Crippen LogP contribution < -0.4 is 5.32 Å². The van der Waals surface area contributed by atoms with E-state index in [0.29, 0.717) is 5.56 Å². The van der Waals surface area contributed by atoms with E-state index in [1.54, 1.807) is 30.3 Å². The lowest BCUT2D eigenvalue weighted by Crippen LogP contribution is -1.97. The number of carboxylic acid groups (broad SMARTS) is 1. The van der Waals surface area contributed by atoms with Crippen LogP contribution in [-0.4, -0.2) is 11.1 Å². The zero-order valence-electron chi connectivity index (χ0n) is 9.72. The molecule has 0 amide bonds. The Hall–Kier alpha value is -2.32. The van der Waals surface area contributed by atoms with E-state index in [2.05, 4.69) is 27.3 Å². The van der Waals surface area contributed by atoms with Crippen molar-refractivity contribution >= 4 is 33.3 Å². The maximum absolute atomic E-state index is 10.7. The molecule has 2 N–H and O–H groups in total. The number of carbonyl (C=O) groups is 1. The van der Waals surface area contributed by atoms with E-state index < -0.39 is 5.97 Å². The summed E-state index contributed by atoms with van der Waals surface area (Å²) in [5.41, 5.74) is 2.39. The number of nitrogens with one attached hydrogen (secondary N) is 1. The standard InChI is InChI=1S/C14H9BrN2O2/c15-12-7-9(8-16)1-6-13(12)17-11-4-2-10(3-5-11)14(18)19/h1-7,17H,(H,18,19). The third-order valence-corrected chi connectivity index (χ3v) is 3.17. The molecule has 0 fully saturated rings. The van der Waals surface area contributed by atoms with E-state index in [1.807, 2.05) is 0 Å². The van der Waals surface area contributed by atoms with Gasteiger partial charge in [0.05, 0.1) is 22.9 Å². The number of aromatic carboxylic acids is 1. The molecule has 0 saturated carbocycles. The Labute approximate surface area is 118 Å². The Kier molecular flexibility index (Phi) is 3.83. The molecular weight excluding hydrogens is 308 g/mol. The van der Waals surface area contributed by atoms with E-state index in [-0.39, 0.29) is 5.56 Å². The Balaban J connectivity index is 2.22. The molecule has 0 aliphatic heterocycles. The Bertz CT molecular complexity index is 660. The van der Waals surface area contributed by atoms with Crippen molar-refractivity contribution < 1.29 is 9.90 Å². The average molecular weight is 317 g/mol. The minimum Gasteiger partial charge on any atom is -0.478 e. The SMILES string of the molecule is N#Cc1ccc(Nc2ccc(C(=O)O)cc2)c(Br)c1. The van der Waals surface area contributed by atoms with Crippen LogP contribution in [0.15, 0.2) is 46.9 Å². The lowest BCUT2D eigenvalue weighted by molar-refractivity contribution is 0.0697. The molecule has 2 aromatic rings. The van der Waals surface area contributed by atoms with Gasteiger partial charge in [-0.1, -0.05) is 0 Å². The number of hydrogen-bond donors (Lipinski definition) is 2. The molecule has 94 valence electrons. The number of hydrogen-bond acceptors (Lipinski definition) is 3. The number of benzene rings is 2. The number of halogens is 1. The summed E-state index contributed by atoms with van der Waals surface area (Å²) in [6.45, 7) is 0. The van der Waals surface area contributed by atoms with Gasteiger partial charge in [0.15, 0.2) is 0 Å². The zero-order valence-corrected chi connectivity index (χ0v) is 11.3. The van der Waals surface area contributed by atoms with Gasteiger partial charge in [0.25, 0.3) is 0 Å². The molecule has 0 radical (unpaired) electrons. The minimum absolute atomic E-state index is 0.240. The first-order valence-corrected chi connectivity index (χ1v) is 6.19. The molecule has 0 aliphatic carbocycles. The maximum Gasteiger partial charge on any atom is 0.335 e. The van der Waals surface area contributed by atoms with Crippen molar-refractivity contribution in [2.75, 3.05) is 5.32 Å². The number of nitrogens with zero attached hydrogens (tertiary/aromatic N) is 1. The first kappa shape index (κ1) is 13.1. The molecule has 0 unspecified atom stereocenters. The molecule has 0 aliphatic rings. The Morgan fingerprint density at radius 3 is 2.42 bits per heavy atom. The van der Waals surface area contributed by atoms with Crippen molar-refractivity contribution in [2.45, 2.75) is 0 Å². The summed E-state index contributed by atoms with van der Waals surface area (Å²) in [6.07, 6.45) is 0. The second kappa shape index (κ2) is 5.55. The average Bonchev–Trinajstić information content (AvgIpc) is 2.41. The quantitative estimate of drug-likeness (QED) is 0.904. The number of nitriles is 1. The molecule has 0 spiro atoms. The highest BCUT2D eigenvalue weighted by Crippen LogP contribution is 2.26. The zero-order chi connectivity index (χ0) is 13.8. The van der Waals surface area contributed by atoms with Crippen LogP contribution in [0.1, 0.15) is 15.9 Å². The van der Waals surface area contributed by atoms with Crippen LogP contribution in [0.3, 0.4) is 0 Å². The maximum atomic E-state index is 10.7. The third-order valence-electron chi connectivity index (χ3n) is 2.51. The smallest absolute Gasteiger partial charge is 0.335 e. The van der Waals surface area contributed by atoms with Gasteiger partial charge in [-0.05, 0) is 58.4 Å². The molecule has 2 aromatic carbocycles. The fraction of sp³-hybridized carbons (Fsp3) is 0. The van der Waals surface area contributed by atoms with Gasteiger partial charge in [-0.3, -0.25) is 0 Å². The second-order valence-electron chi connectivity index (χ2n) is 3.81. The van der Waals surface area contributed by atoms with Gasteiger partial charge in [-0.2, -0.15) is 5.26 Å². The van der Waals surface area contributed by atoms with Gasteiger partial charge in [-0.15, -0.1) is 0 Å². The van der Waals surface area contributed by atoms with Gasteiger partial charge in [-0.25, -0.2) is 4.79 Å². The van der Waals surface area contributed by atoms with Gasteiger partial charge in [0.2, 0.25) is 0 Å². The molecule has 4 nitrogen and oxygen atoms in total. The summed E-state index contributed by atoms with van der Waals surface area (Å²) < 4.78 is 0.772. The number of anilines is 2. The van der Waals surface area contributed by atoms with Crippen molar-refractivity contribution in [3.8, 4) is 6.07 Å². The molecule has 0 aromatic heterocycles. The van der Waals surface area contributed by atoms with E-state index in [1.165, 1.54) is 12.1 Å². The predicted molar refractivity (Wildman–Crippen MR) is 75.5 cm³/mol. The Morgan fingerprint density at radius 1 is 1.21 bits per heavy atom. The fourth-order valence-electron chi connectivity index (χ4n) is 1.54. The summed E-state index contributed by atoms with van der Waals surface area (Å²) in [6, 6.07) is 13.7. The predicted octanol–water partition coefficient (Wildman–Crippen LogP) is 3.76. The number of rotatable bonds is 3. The van der Waals surface area contributed by atoms with Crippen molar-refractivity contribution in [3.63, 3.8) is 0 Å². The summed E-state index contributed by atoms with van der Waals surface area (Å²) in [4.78, 5) is 10.7. The first-order chi connectivity index (χ1) is 9.10. The summed E-state index contributed by atoms with van der Waals surface area (Å²) in [7, 11) is 0. The molecule has 0 heterocycles. The summed E-state index contributed by atoms with van der Waals surface area (Å²) in [5.74, 6) is -0.953. The second-order valence-corrected chi connectivity index (χ2v) is 4.67. The lowest BCUT2D eigenvalue weighted by Gasteiger charge is -2.09. The summed E-state index contributed by atoms with van der Waals surface area (Å²) >= 11 is 3.38. The molecule has 0 atom stereocenters. The number of carboxylic acids is 1. The highest BCUT2D eigenvalue weighted by Gasteiger charge is 2.04. The molecule has 19 heavy (non-hydrogen) atoms. The van der Waals surface area contributed by atoms with Crippen LogP contribution in [0.4, 0.5) is 11.4 Å². The Morgan fingerprint density at radius 2 is 1.89 bits per heavy atom. The minimum atomic E-state index is -0.953. The molecular formula is C14H9BrN2O2. The largest absolute Gasteiger partial charge is 0.478 e. The fourth-order valence-corrected chi connectivity index (χ4v) is 2.02. The van der Waals surface area contributed by atoms with Gasteiger partial charge in [0, 0.05) is 10.2 Å². The van der Waals surface area contributed by atoms with E-state index in [0.717, 1.165) is 15.8 Å². The van der Waals surface area contributed by atoms with Crippen LogP contribution in [-0.2, 0) is 0 Å². The van der Waals surface area contributed by atoms with Crippen molar-refractivity contribution in [2.24, 2.45) is 0 Å². The summed E-state index contributed by atoms with van der Waals surface area (Å²) in [5, 5.41) is 20.7. The molecule has 5 heteroatoms. The van der Waals surface area contributed by atoms with E-state index in [9.17, 15) is 4.79 Å². The van der Waals surface area contributed by atoms with E-state index >= 15 is 0 Å². The normalized spacial score (nSPS) is 9.68. The van der Waals surface area contributed by atoms with Crippen LogP contribution in [0.2, 0.25) is 0 Å². The third kappa shape index (κ3) is 3.12.